The number of nitrogens with one attached hydrogen (secondary N) is 1. The molecule has 0 atom stereocenters. The Balaban J connectivity index is 1.60. The van der Waals surface area contributed by atoms with E-state index in [-0.39, 0.29) is 5.91 Å². The van der Waals surface area contributed by atoms with Crippen LogP contribution in [0.25, 0.3) is 0 Å². The minimum atomic E-state index is -0.776. The third-order valence-electron chi connectivity index (χ3n) is 4.99. The Bertz CT molecular complexity index is 535. The summed E-state index contributed by atoms with van der Waals surface area (Å²) in [6.07, 6.45) is 3.76. The molecule has 0 aliphatic carbocycles. The van der Waals surface area contributed by atoms with Crippen molar-refractivity contribution < 1.29 is 9.53 Å². The van der Waals surface area contributed by atoms with Gasteiger partial charge in [-0.05, 0) is 49.9 Å². The van der Waals surface area contributed by atoms with Crippen molar-refractivity contribution in [1.82, 2.24) is 10.2 Å². The molecule has 5 heteroatoms. The van der Waals surface area contributed by atoms with Crippen LogP contribution in [0.5, 0.6) is 0 Å². The molecular formula is C18H27N3O2. The van der Waals surface area contributed by atoms with E-state index in [0.717, 1.165) is 6.54 Å². The summed E-state index contributed by atoms with van der Waals surface area (Å²) in [5.41, 5.74) is 7.94. The Morgan fingerprint density at radius 3 is 2.52 bits per heavy atom. The zero-order valence-electron chi connectivity index (χ0n) is 13.7. The number of likely N-dealkylation sites (tertiary alicyclic amines) is 1. The number of rotatable bonds is 5. The number of nitrogens with zero attached hydrogens (tertiary/aromatic N) is 1. The predicted molar refractivity (Wildman–Crippen MR) is 89.8 cm³/mol. The maximum absolute atomic E-state index is 12.4. The van der Waals surface area contributed by atoms with Crippen molar-refractivity contribution in [2.45, 2.75) is 44.3 Å². The molecule has 0 radical (unpaired) electrons. The quantitative estimate of drug-likeness (QED) is 0.861. The summed E-state index contributed by atoms with van der Waals surface area (Å²) >= 11 is 0. The molecule has 2 aliphatic rings. The van der Waals surface area contributed by atoms with Crippen molar-refractivity contribution in [3.63, 3.8) is 0 Å². The van der Waals surface area contributed by atoms with E-state index >= 15 is 0 Å². The lowest BCUT2D eigenvalue weighted by molar-refractivity contribution is -0.129. The Hall–Kier alpha value is -1.43. The second-order valence-electron chi connectivity index (χ2n) is 6.70. The molecule has 0 aromatic heterocycles. The number of amides is 1. The van der Waals surface area contributed by atoms with Gasteiger partial charge in [0.2, 0.25) is 5.91 Å². The minimum absolute atomic E-state index is 0.0585. The summed E-state index contributed by atoms with van der Waals surface area (Å²) in [7, 11) is 0. The van der Waals surface area contributed by atoms with E-state index in [2.05, 4.69) is 28.4 Å². The summed E-state index contributed by atoms with van der Waals surface area (Å²) in [6, 6.07) is 8.35. The fourth-order valence-corrected chi connectivity index (χ4v) is 3.38. The minimum Gasteiger partial charge on any atom is -0.381 e. The van der Waals surface area contributed by atoms with E-state index in [9.17, 15) is 4.79 Å². The second kappa shape index (κ2) is 7.43. The van der Waals surface area contributed by atoms with Crippen molar-refractivity contribution in [2.24, 2.45) is 5.73 Å². The third kappa shape index (κ3) is 4.10. The van der Waals surface area contributed by atoms with Crippen LogP contribution in [-0.2, 0) is 22.6 Å². The maximum Gasteiger partial charge on any atom is 0.240 e. The van der Waals surface area contributed by atoms with Crippen LogP contribution in [0, 0.1) is 0 Å². The maximum atomic E-state index is 12.4. The average Bonchev–Trinajstić information content (AvgIpc) is 3.07. The Morgan fingerprint density at radius 2 is 1.83 bits per heavy atom. The van der Waals surface area contributed by atoms with Crippen LogP contribution >= 0.6 is 0 Å². The number of nitrogens with two attached hydrogens (primary N) is 1. The second-order valence-corrected chi connectivity index (χ2v) is 6.70. The van der Waals surface area contributed by atoms with Crippen LogP contribution in [0.4, 0.5) is 0 Å². The first-order valence-electron chi connectivity index (χ1n) is 8.61. The van der Waals surface area contributed by atoms with Crippen LogP contribution in [0.1, 0.15) is 36.8 Å². The number of ether oxygens (including phenoxy) is 1. The molecule has 3 rings (SSSR count). The van der Waals surface area contributed by atoms with Gasteiger partial charge in [-0.1, -0.05) is 24.3 Å². The summed E-state index contributed by atoms with van der Waals surface area (Å²) in [5, 5.41) is 3.04. The van der Waals surface area contributed by atoms with Crippen LogP contribution in [0.2, 0.25) is 0 Å². The van der Waals surface area contributed by atoms with Crippen LogP contribution in [-0.4, -0.2) is 42.6 Å². The molecule has 0 bridgehead atoms. The van der Waals surface area contributed by atoms with Gasteiger partial charge in [0, 0.05) is 26.3 Å². The Morgan fingerprint density at radius 1 is 1.17 bits per heavy atom. The highest BCUT2D eigenvalue weighted by Gasteiger charge is 2.35. The molecule has 0 spiro atoms. The van der Waals surface area contributed by atoms with E-state index < -0.39 is 5.54 Å². The van der Waals surface area contributed by atoms with Gasteiger partial charge in [-0.25, -0.2) is 0 Å². The summed E-state index contributed by atoms with van der Waals surface area (Å²) in [4.78, 5) is 14.9. The monoisotopic (exact) mass is 317 g/mol. The molecule has 1 amide bonds. The average molecular weight is 317 g/mol. The molecule has 3 N–H and O–H groups in total. The molecule has 0 saturated carbocycles. The van der Waals surface area contributed by atoms with E-state index in [4.69, 9.17) is 10.5 Å². The fraction of sp³-hybridized carbons (Fsp3) is 0.611. The van der Waals surface area contributed by atoms with Crippen molar-refractivity contribution in [3.05, 3.63) is 35.4 Å². The summed E-state index contributed by atoms with van der Waals surface area (Å²) in [6.45, 7) is 4.99. The summed E-state index contributed by atoms with van der Waals surface area (Å²) in [5.74, 6) is -0.0585. The highest BCUT2D eigenvalue weighted by atomic mass is 16.5. The Labute approximate surface area is 138 Å². The van der Waals surface area contributed by atoms with Gasteiger partial charge in [0.15, 0.2) is 0 Å². The predicted octanol–water partition coefficient (Wildman–Crippen LogP) is 1.41. The SMILES string of the molecule is NC1(C(=O)NCc2ccccc2CN2CCCC2)CCOCC1. The first-order chi connectivity index (χ1) is 11.2. The topological polar surface area (TPSA) is 67.6 Å². The molecule has 1 aromatic carbocycles. The third-order valence-corrected chi connectivity index (χ3v) is 4.99. The standard InChI is InChI=1S/C18H27N3O2/c19-18(7-11-23-12-8-18)17(22)20-13-15-5-1-2-6-16(15)14-21-9-3-4-10-21/h1-2,5-6H,3-4,7-14,19H2,(H,20,22). The van der Waals surface area contributed by atoms with Gasteiger partial charge in [0.05, 0.1) is 5.54 Å². The van der Waals surface area contributed by atoms with Gasteiger partial charge in [0.1, 0.15) is 0 Å². The molecule has 2 fully saturated rings. The van der Waals surface area contributed by atoms with Crippen LogP contribution in [0.3, 0.4) is 0 Å². The molecular weight excluding hydrogens is 290 g/mol. The number of carbonyl (C=O) groups excluding carboxylic acids is 1. The van der Waals surface area contributed by atoms with Crippen LogP contribution in [0.15, 0.2) is 24.3 Å². The lowest BCUT2D eigenvalue weighted by Gasteiger charge is -2.32. The van der Waals surface area contributed by atoms with E-state index in [0.29, 0.717) is 32.6 Å². The highest BCUT2D eigenvalue weighted by molar-refractivity contribution is 5.86. The number of hydrogen-bond acceptors (Lipinski definition) is 4. The van der Waals surface area contributed by atoms with E-state index in [1.807, 2.05) is 6.07 Å². The molecule has 2 heterocycles. The first-order valence-corrected chi connectivity index (χ1v) is 8.61. The van der Waals surface area contributed by atoms with Gasteiger partial charge >= 0.3 is 0 Å². The van der Waals surface area contributed by atoms with Gasteiger partial charge in [-0.15, -0.1) is 0 Å². The normalized spacial score (nSPS) is 21.3. The van der Waals surface area contributed by atoms with Gasteiger partial charge in [-0.3, -0.25) is 9.69 Å². The van der Waals surface area contributed by atoms with Crippen molar-refractivity contribution in [1.29, 1.82) is 0 Å². The molecule has 126 valence electrons. The molecule has 23 heavy (non-hydrogen) atoms. The fourth-order valence-electron chi connectivity index (χ4n) is 3.38. The number of carbonyl (C=O) groups is 1. The molecule has 0 unspecified atom stereocenters. The van der Waals surface area contributed by atoms with E-state index in [1.54, 1.807) is 0 Å². The molecule has 2 saturated heterocycles. The molecule has 1 aromatic rings. The smallest absolute Gasteiger partial charge is 0.240 e. The number of hydrogen-bond donors (Lipinski definition) is 2. The van der Waals surface area contributed by atoms with Crippen molar-refractivity contribution in [3.8, 4) is 0 Å². The van der Waals surface area contributed by atoms with Gasteiger partial charge < -0.3 is 15.8 Å². The van der Waals surface area contributed by atoms with Crippen LogP contribution < -0.4 is 11.1 Å². The first kappa shape index (κ1) is 16.4. The summed E-state index contributed by atoms with van der Waals surface area (Å²) < 4.78 is 5.31. The van der Waals surface area contributed by atoms with Gasteiger partial charge in [0.25, 0.3) is 0 Å². The van der Waals surface area contributed by atoms with E-state index in [1.165, 1.54) is 37.1 Å². The van der Waals surface area contributed by atoms with Crippen molar-refractivity contribution in [2.75, 3.05) is 26.3 Å². The number of benzene rings is 1. The molecule has 2 aliphatic heterocycles. The lowest BCUT2D eigenvalue weighted by Crippen LogP contribution is -2.56. The molecule has 5 nitrogen and oxygen atoms in total. The zero-order valence-corrected chi connectivity index (χ0v) is 13.7. The largest absolute Gasteiger partial charge is 0.381 e. The van der Waals surface area contributed by atoms with Crippen molar-refractivity contribution >= 4 is 5.91 Å². The highest BCUT2D eigenvalue weighted by Crippen LogP contribution is 2.19. The zero-order chi connectivity index (χ0) is 16.1. The van der Waals surface area contributed by atoms with Gasteiger partial charge in [-0.2, -0.15) is 0 Å². The lowest BCUT2D eigenvalue weighted by atomic mass is 9.90. The Kier molecular flexibility index (Phi) is 5.30.